The first-order valence-corrected chi connectivity index (χ1v) is 7.17. The van der Waals surface area contributed by atoms with Crippen molar-refractivity contribution in [2.45, 2.75) is 18.7 Å². The smallest absolute Gasteiger partial charge is 0.243 e. The fourth-order valence-corrected chi connectivity index (χ4v) is 2.89. The molecule has 6 heteroatoms. The predicted molar refractivity (Wildman–Crippen MR) is 74.0 cm³/mol. The molecule has 0 unspecified atom stereocenters. The Morgan fingerprint density at radius 1 is 1.37 bits per heavy atom. The van der Waals surface area contributed by atoms with Crippen LogP contribution < -0.4 is 5.32 Å². The van der Waals surface area contributed by atoms with Gasteiger partial charge in [-0.15, -0.1) is 6.42 Å². The molecule has 1 N–H and O–H groups in total. The van der Waals surface area contributed by atoms with Gasteiger partial charge in [0, 0.05) is 19.2 Å². The number of nitrogens with zero attached hydrogens (tertiary/aromatic N) is 1. The molecule has 0 aliphatic carbocycles. The molecule has 1 aromatic carbocycles. The summed E-state index contributed by atoms with van der Waals surface area (Å²) < 4.78 is 25.7. The lowest BCUT2D eigenvalue weighted by molar-refractivity contribution is -0.114. The fourth-order valence-electron chi connectivity index (χ4n) is 1.53. The Hall–Kier alpha value is -1.84. The molecule has 1 amide bonds. The molecule has 0 saturated heterocycles. The summed E-state index contributed by atoms with van der Waals surface area (Å²) in [6.45, 7) is 3.45. The first-order chi connectivity index (χ1) is 8.91. The standard InChI is InChI=1S/C13H16N2O3S/c1-4-10-15(5-2)19(17,18)13-8-6-12(7-9-13)14-11(3)16/h1,6-9H,5,10H2,2-3H3,(H,14,16). The first-order valence-electron chi connectivity index (χ1n) is 5.73. The highest BCUT2D eigenvalue weighted by molar-refractivity contribution is 7.89. The van der Waals surface area contributed by atoms with E-state index in [0.29, 0.717) is 12.2 Å². The van der Waals surface area contributed by atoms with Crippen molar-refractivity contribution in [1.82, 2.24) is 4.31 Å². The van der Waals surface area contributed by atoms with Crippen LogP contribution in [0.5, 0.6) is 0 Å². The van der Waals surface area contributed by atoms with E-state index in [9.17, 15) is 13.2 Å². The number of nitrogens with one attached hydrogen (secondary N) is 1. The zero-order valence-corrected chi connectivity index (χ0v) is 11.7. The van der Waals surface area contributed by atoms with Gasteiger partial charge in [0.15, 0.2) is 0 Å². The van der Waals surface area contributed by atoms with E-state index in [1.807, 2.05) is 0 Å². The highest BCUT2D eigenvalue weighted by Gasteiger charge is 2.21. The summed E-state index contributed by atoms with van der Waals surface area (Å²) >= 11 is 0. The van der Waals surface area contributed by atoms with Gasteiger partial charge in [0.1, 0.15) is 0 Å². The third-order valence-corrected chi connectivity index (χ3v) is 4.37. The molecule has 0 fully saturated rings. The second-order valence-corrected chi connectivity index (χ2v) is 5.78. The fraction of sp³-hybridized carbons (Fsp3) is 0.308. The summed E-state index contributed by atoms with van der Waals surface area (Å²) in [7, 11) is -3.58. The number of carbonyl (C=O) groups excluding carboxylic acids is 1. The maximum absolute atomic E-state index is 12.2. The Bertz CT molecular complexity index is 585. The summed E-state index contributed by atoms with van der Waals surface area (Å²) in [5, 5.41) is 2.57. The minimum Gasteiger partial charge on any atom is -0.326 e. The van der Waals surface area contributed by atoms with Crippen LogP contribution in [0.2, 0.25) is 0 Å². The van der Waals surface area contributed by atoms with Crippen LogP contribution in [-0.2, 0) is 14.8 Å². The molecule has 1 rings (SSSR count). The topological polar surface area (TPSA) is 66.5 Å². The second-order valence-electron chi connectivity index (χ2n) is 3.84. The largest absolute Gasteiger partial charge is 0.326 e. The minimum absolute atomic E-state index is 0.0340. The lowest BCUT2D eigenvalue weighted by atomic mass is 10.3. The Morgan fingerprint density at radius 3 is 2.37 bits per heavy atom. The molecule has 0 spiro atoms. The number of rotatable bonds is 5. The van der Waals surface area contributed by atoms with Crippen molar-refractivity contribution in [3.05, 3.63) is 24.3 Å². The van der Waals surface area contributed by atoms with Crippen LogP contribution >= 0.6 is 0 Å². The van der Waals surface area contributed by atoms with E-state index in [-0.39, 0.29) is 17.3 Å². The van der Waals surface area contributed by atoms with E-state index in [1.54, 1.807) is 6.92 Å². The Morgan fingerprint density at radius 2 is 1.95 bits per heavy atom. The SMILES string of the molecule is C#CCN(CC)S(=O)(=O)c1ccc(NC(C)=O)cc1. The molecule has 0 bridgehead atoms. The molecule has 0 aliphatic heterocycles. The molecule has 19 heavy (non-hydrogen) atoms. The number of carbonyl (C=O) groups is 1. The average molecular weight is 280 g/mol. The first kappa shape index (κ1) is 15.2. The summed E-state index contributed by atoms with van der Waals surface area (Å²) in [6.07, 6.45) is 5.16. The second kappa shape index (κ2) is 6.36. The molecule has 0 aliphatic rings. The molecule has 0 heterocycles. The Labute approximate surface area is 113 Å². The van der Waals surface area contributed by atoms with Gasteiger partial charge in [0.05, 0.1) is 11.4 Å². The number of benzene rings is 1. The maximum atomic E-state index is 12.2. The zero-order chi connectivity index (χ0) is 14.5. The van der Waals surface area contributed by atoms with Crippen molar-refractivity contribution in [3.63, 3.8) is 0 Å². The van der Waals surface area contributed by atoms with Crippen LogP contribution in [0.4, 0.5) is 5.69 Å². The summed E-state index contributed by atoms with van der Waals surface area (Å²) in [5.41, 5.74) is 0.548. The number of hydrogen-bond donors (Lipinski definition) is 1. The summed E-state index contributed by atoms with van der Waals surface area (Å²) in [4.78, 5) is 11.0. The molecule has 0 atom stereocenters. The van der Waals surface area contributed by atoms with Gasteiger partial charge in [-0.25, -0.2) is 8.42 Å². The minimum atomic E-state index is -3.58. The number of sulfonamides is 1. The van der Waals surface area contributed by atoms with Crippen molar-refractivity contribution >= 4 is 21.6 Å². The third-order valence-electron chi connectivity index (χ3n) is 2.43. The van der Waals surface area contributed by atoms with Crippen molar-refractivity contribution < 1.29 is 13.2 Å². The highest BCUT2D eigenvalue weighted by atomic mass is 32.2. The lowest BCUT2D eigenvalue weighted by Gasteiger charge is -2.17. The van der Waals surface area contributed by atoms with Crippen molar-refractivity contribution in [1.29, 1.82) is 0 Å². The maximum Gasteiger partial charge on any atom is 0.243 e. The third kappa shape index (κ3) is 3.81. The molecule has 0 saturated carbocycles. The normalized spacial score (nSPS) is 11.1. The van der Waals surface area contributed by atoms with Gasteiger partial charge in [-0.3, -0.25) is 4.79 Å². The lowest BCUT2D eigenvalue weighted by Crippen LogP contribution is -2.31. The van der Waals surface area contributed by atoms with Gasteiger partial charge in [-0.05, 0) is 24.3 Å². The van der Waals surface area contributed by atoms with Gasteiger partial charge in [0.25, 0.3) is 0 Å². The molecular weight excluding hydrogens is 264 g/mol. The molecule has 102 valence electrons. The van der Waals surface area contributed by atoms with Gasteiger partial charge in [0.2, 0.25) is 15.9 Å². The van der Waals surface area contributed by atoms with E-state index < -0.39 is 10.0 Å². The number of hydrogen-bond acceptors (Lipinski definition) is 3. The quantitative estimate of drug-likeness (QED) is 0.826. The van der Waals surface area contributed by atoms with Crippen molar-refractivity contribution in [2.75, 3.05) is 18.4 Å². The van der Waals surface area contributed by atoms with Gasteiger partial charge in [-0.1, -0.05) is 12.8 Å². The van der Waals surface area contributed by atoms with Crippen LogP contribution in [0.15, 0.2) is 29.2 Å². The van der Waals surface area contributed by atoms with Crippen LogP contribution in [0.25, 0.3) is 0 Å². The highest BCUT2D eigenvalue weighted by Crippen LogP contribution is 2.18. The molecule has 0 radical (unpaired) electrons. The number of anilines is 1. The molecular formula is C13H16N2O3S. The number of terminal acetylenes is 1. The molecule has 5 nitrogen and oxygen atoms in total. The predicted octanol–water partition coefficient (Wildman–Crippen LogP) is 1.29. The monoisotopic (exact) mass is 280 g/mol. The van der Waals surface area contributed by atoms with Gasteiger partial charge >= 0.3 is 0 Å². The summed E-state index contributed by atoms with van der Waals surface area (Å²) in [5.74, 6) is 2.11. The van der Waals surface area contributed by atoms with Crippen LogP contribution in [0.3, 0.4) is 0 Å². The summed E-state index contributed by atoms with van der Waals surface area (Å²) in [6, 6.07) is 5.97. The average Bonchev–Trinajstić information content (AvgIpc) is 2.35. The van der Waals surface area contributed by atoms with E-state index >= 15 is 0 Å². The molecule has 1 aromatic rings. The van der Waals surface area contributed by atoms with E-state index in [1.165, 1.54) is 35.5 Å². The van der Waals surface area contributed by atoms with Crippen LogP contribution in [0.1, 0.15) is 13.8 Å². The number of amides is 1. The Kier molecular flexibility index (Phi) is 5.10. The molecule has 0 aromatic heterocycles. The Balaban J connectivity index is 3.02. The van der Waals surface area contributed by atoms with E-state index in [4.69, 9.17) is 6.42 Å². The van der Waals surface area contributed by atoms with Gasteiger partial charge in [-0.2, -0.15) is 4.31 Å². The van der Waals surface area contributed by atoms with E-state index in [0.717, 1.165) is 0 Å². The zero-order valence-electron chi connectivity index (χ0n) is 10.9. The van der Waals surface area contributed by atoms with E-state index in [2.05, 4.69) is 11.2 Å². The van der Waals surface area contributed by atoms with Crippen molar-refractivity contribution in [2.24, 2.45) is 0 Å². The van der Waals surface area contributed by atoms with Gasteiger partial charge < -0.3 is 5.32 Å². The van der Waals surface area contributed by atoms with Crippen LogP contribution in [-0.4, -0.2) is 31.7 Å². The van der Waals surface area contributed by atoms with Crippen LogP contribution in [0, 0.1) is 12.3 Å². The van der Waals surface area contributed by atoms with Crippen molar-refractivity contribution in [3.8, 4) is 12.3 Å².